The lowest BCUT2D eigenvalue weighted by Crippen LogP contribution is -2.21. The van der Waals surface area contributed by atoms with E-state index in [4.69, 9.17) is 10.5 Å². The predicted octanol–water partition coefficient (Wildman–Crippen LogP) is 3.20. The van der Waals surface area contributed by atoms with Crippen molar-refractivity contribution in [2.75, 3.05) is 18.2 Å². The maximum Gasteiger partial charge on any atom is 0.238 e. The number of hydrogen-bond acceptors (Lipinski definition) is 4. The molecule has 0 atom stereocenters. The van der Waals surface area contributed by atoms with E-state index in [0.29, 0.717) is 17.6 Å². The van der Waals surface area contributed by atoms with Gasteiger partial charge in [0.2, 0.25) is 5.88 Å². The topological polar surface area (TPSA) is 60.2 Å². The minimum absolute atomic E-state index is 0.505. The molecule has 2 rings (SSSR count). The first-order chi connectivity index (χ1) is 8.79. The number of hydrogen-bond donors (Lipinski definition) is 2. The third-order valence-corrected chi connectivity index (χ3v) is 3.54. The SMILES string of the molecule is COc1nc(NC2CCCCCCC2)ccc1N. The fourth-order valence-corrected chi connectivity index (χ4v) is 2.50. The molecular weight excluding hydrogens is 226 g/mol. The zero-order valence-corrected chi connectivity index (χ0v) is 11.1. The van der Waals surface area contributed by atoms with Gasteiger partial charge in [-0.15, -0.1) is 0 Å². The number of aromatic nitrogens is 1. The highest BCUT2D eigenvalue weighted by molar-refractivity contribution is 5.53. The zero-order valence-electron chi connectivity index (χ0n) is 11.1. The monoisotopic (exact) mass is 249 g/mol. The molecule has 1 aliphatic carbocycles. The largest absolute Gasteiger partial charge is 0.479 e. The van der Waals surface area contributed by atoms with E-state index in [9.17, 15) is 0 Å². The number of rotatable bonds is 3. The maximum absolute atomic E-state index is 5.76. The van der Waals surface area contributed by atoms with Gasteiger partial charge < -0.3 is 15.8 Å². The van der Waals surface area contributed by atoms with Crippen LogP contribution in [0.15, 0.2) is 12.1 Å². The average molecular weight is 249 g/mol. The van der Waals surface area contributed by atoms with Crippen LogP contribution in [0.1, 0.15) is 44.9 Å². The molecule has 1 aromatic heterocycles. The molecule has 1 saturated carbocycles. The van der Waals surface area contributed by atoms with Gasteiger partial charge in [-0.1, -0.05) is 32.1 Å². The van der Waals surface area contributed by atoms with Gasteiger partial charge >= 0.3 is 0 Å². The van der Waals surface area contributed by atoms with Crippen molar-refractivity contribution in [2.45, 2.75) is 51.0 Å². The van der Waals surface area contributed by atoms with Crippen molar-refractivity contribution in [1.29, 1.82) is 0 Å². The van der Waals surface area contributed by atoms with Crippen LogP contribution in [0.3, 0.4) is 0 Å². The summed E-state index contributed by atoms with van der Waals surface area (Å²) in [5, 5.41) is 3.50. The van der Waals surface area contributed by atoms with Gasteiger partial charge in [0.15, 0.2) is 0 Å². The van der Waals surface area contributed by atoms with Crippen LogP contribution >= 0.6 is 0 Å². The number of pyridine rings is 1. The summed E-state index contributed by atoms with van der Waals surface area (Å²) in [5.41, 5.74) is 6.35. The molecule has 0 bridgehead atoms. The number of ether oxygens (including phenoxy) is 1. The summed E-state index contributed by atoms with van der Waals surface area (Å²) in [5.74, 6) is 1.37. The Hall–Kier alpha value is -1.45. The number of nitrogen functional groups attached to an aromatic ring is 1. The lowest BCUT2D eigenvalue weighted by molar-refractivity contribution is 0.400. The van der Waals surface area contributed by atoms with E-state index in [0.717, 1.165) is 5.82 Å². The molecule has 0 radical (unpaired) electrons. The zero-order chi connectivity index (χ0) is 12.8. The first-order valence-electron chi connectivity index (χ1n) is 6.86. The van der Waals surface area contributed by atoms with E-state index in [2.05, 4.69) is 10.3 Å². The van der Waals surface area contributed by atoms with Gasteiger partial charge in [-0.2, -0.15) is 4.98 Å². The van der Waals surface area contributed by atoms with Crippen molar-refractivity contribution in [2.24, 2.45) is 0 Å². The van der Waals surface area contributed by atoms with Gasteiger partial charge in [-0.3, -0.25) is 0 Å². The van der Waals surface area contributed by atoms with Crippen molar-refractivity contribution in [3.8, 4) is 5.88 Å². The normalized spacial score (nSPS) is 17.8. The molecular formula is C14H23N3O. The summed E-state index contributed by atoms with van der Waals surface area (Å²) < 4.78 is 5.14. The third-order valence-electron chi connectivity index (χ3n) is 3.54. The van der Waals surface area contributed by atoms with Crippen LogP contribution in [0.2, 0.25) is 0 Å². The predicted molar refractivity (Wildman–Crippen MR) is 74.9 cm³/mol. The summed E-state index contributed by atoms with van der Waals surface area (Å²) in [6, 6.07) is 4.30. The Labute approximate surface area is 109 Å². The van der Waals surface area contributed by atoms with E-state index < -0.39 is 0 Å². The van der Waals surface area contributed by atoms with Crippen molar-refractivity contribution in [3.63, 3.8) is 0 Å². The molecule has 18 heavy (non-hydrogen) atoms. The van der Waals surface area contributed by atoms with Gasteiger partial charge in [0.1, 0.15) is 5.82 Å². The first-order valence-corrected chi connectivity index (χ1v) is 6.86. The van der Waals surface area contributed by atoms with Crippen LogP contribution in [-0.4, -0.2) is 18.1 Å². The molecule has 4 nitrogen and oxygen atoms in total. The van der Waals surface area contributed by atoms with Gasteiger partial charge in [-0.05, 0) is 25.0 Å². The molecule has 0 unspecified atom stereocenters. The minimum atomic E-state index is 0.505. The number of nitrogens with zero attached hydrogens (tertiary/aromatic N) is 1. The van der Waals surface area contributed by atoms with Gasteiger partial charge in [-0.25, -0.2) is 0 Å². The van der Waals surface area contributed by atoms with Crippen LogP contribution in [0.5, 0.6) is 5.88 Å². The molecule has 0 saturated heterocycles. The summed E-state index contributed by atoms with van der Waals surface area (Å²) in [4.78, 5) is 4.38. The highest BCUT2D eigenvalue weighted by Crippen LogP contribution is 2.23. The Morgan fingerprint density at radius 3 is 2.50 bits per heavy atom. The number of methoxy groups -OCH3 is 1. The third kappa shape index (κ3) is 3.52. The van der Waals surface area contributed by atoms with Crippen LogP contribution in [0, 0.1) is 0 Å². The molecule has 1 aliphatic rings. The molecule has 4 heteroatoms. The van der Waals surface area contributed by atoms with Crippen molar-refractivity contribution in [1.82, 2.24) is 4.98 Å². The van der Waals surface area contributed by atoms with E-state index in [-0.39, 0.29) is 0 Å². The Morgan fingerprint density at radius 1 is 1.17 bits per heavy atom. The van der Waals surface area contributed by atoms with Gasteiger partial charge in [0.05, 0.1) is 12.8 Å². The highest BCUT2D eigenvalue weighted by Gasteiger charge is 2.12. The minimum Gasteiger partial charge on any atom is -0.479 e. The van der Waals surface area contributed by atoms with Gasteiger partial charge in [0, 0.05) is 6.04 Å². The second-order valence-electron chi connectivity index (χ2n) is 4.98. The van der Waals surface area contributed by atoms with Crippen LogP contribution in [0.4, 0.5) is 11.5 Å². The van der Waals surface area contributed by atoms with Crippen LogP contribution < -0.4 is 15.8 Å². The molecule has 1 aromatic rings. The van der Waals surface area contributed by atoms with Crippen molar-refractivity contribution >= 4 is 11.5 Å². The summed E-state index contributed by atoms with van der Waals surface area (Å²) >= 11 is 0. The molecule has 1 fully saturated rings. The van der Waals surface area contributed by atoms with E-state index in [1.807, 2.05) is 12.1 Å². The molecule has 3 N–H and O–H groups in total. The second-order valence-corrected chi connectivity index (χ2v) is 4.98. The summed E-state index contributed by atoms with van der Waals surface area (Å²) in [7, 11) is 1.60. The molecule has 100 valence electrons. The standard InChI is InChI=1S/C14H23N3O/c1-18-14-12(15)9-10-13(17-14)16-11-7-5-3-2-4-6-8-11/h9-11H,2-8,15H2,1H3,(H,16,17). The Kier molecular flexibility index (Phi) is 4.67. The molecule has 0 amide bonds. The quantitative estimate of drug-likeness (QED) is 0.863. The van der Waals surface area contributed by atoms with E-state index in [1.165, 1.54) is 44.9 Å². The van der Waals surface area contributed by atoms with Crippen molar-refractivity contribution < 1.29 is 4.74 Å². The molecule has 1 heterocycles. The lowest BCUT2D eigenvalue weighted by atomic mass is 9.97. The van der Waals surface area contributed by atoms with E-state index >= 15 is 0 Å². The van der Waals surface area contributed by atoms with Crippen molar-refractivity contribution in [3.05, 3.63) is 12.1 Å². The first kappa shape index (κ1) is 13.0. The average Bonchev–Trinajstić information content (AvgIpc) is 2.34. The molecule has 0 aliphatic heterocycles. The number of nitrogens with two attached hydrogens (primary N) is 1. The van der Waals surface area contributed by atoms with Crippen LogP contribution in [0.25, 0.3) is 0 Å². The summed E-state index contributed by atoms with van der Waals surface area (Å²) in [6.45, 7) is 0. The van der Waals surface area contributed by atoms with Crippen LogP contribution in [-0.2, 0) is 0 Å². The Balaban J connectivity index is 1.98. The lowest BCUT2D eigenvalue weighted by Gasteiger charge is -2.21. The smallest absolute Gasteiger partial charge is 0.238 e. The highest BCUT2D eigenvalue weighted by atomic mass is 16.5. The van der Waals surface area contributed by atoms with Gasteiger partial charge in [0.25, 0.3) is 0 Å². The second kappa shape index (κ2) is 6.47. The fourth-order valence-electron chi connectivity index (χ4n) is 2.50. The Morgan fingerprint density at radius 2 is 1.83 bits per heavy atom. The number of anilines is 2. The molecule has 0 aromatic carbocycles. The molecule has 0 spiro atoms. The summed E-state index contributed by atoms with van der Waals surface area (Å²) in [6.07, 6.45) is 9.18. The Bertz CT molecular complexity index is 373. The fraction of sp³-hybridized carbons (Fsp3) is 0.643. The number of nitrogens with one attached hydrogen (secondary N) is 1. The van der Waals surface area contributed by atoms with E-state index in [1.54, 1.807) is 7.11 Å². The maximum atomic E-state index is 5.76.